The van der Waals surface area contributed by atoms with Gasteiger partial charge in [0, 0.05) is 30.8 Å². The monoisotopic (exact) mass is 335 g/mol. The number of carbonyl (C=O) groups is 1. The molecular weight excluding hydrogens is 310 g/mol. The Balaban J connectivity index is 1.74. The van der Waals surface area contributed by atoms with E-state index in [1.54, 1.807) is 6.92 Å². The molecule has 130 valence electrons. The summed E-state index contributed by atoms with van der Waals surface area (Å²) in [6.45, 7) is 6.95. The van der Waals surface area contributed by atoms with Crippen molar-refractivity contribution in [2.75, 3.05) is 19.7 Å². The summed E-state index contributed by atoms with van der Waals surface area (Å²) in [4.78, 5) is 14.1. The molecule has 0 bridgehead atoms. The van der Waals surface area contributed by atoms with Gasteiger partial charge in [0.25, 0.3) is 0 Å². The van der Waals surface area contributed by atoms with Gasteiger partial charge in [-0.3, -0.25) is 9.69 Å². The first-order chi connectivity index (χ1) is 12.2. The van der Waals surface area contributed by atoms with Crippen LogP contribution in [0, 0.1) is 0 Å². The minimum absolute atomic E-state index is 0.0919. The van der Waals surface area contributed by atoms with Crippen LogP contribution in [0.25, 0.3) is 5.57 Å². The Hall–Kier alpha value is -2.39. The number of hydrogen-bond donors (Lipinski definition) is 0. The number of ketones is 1. The highest BCUT2D eigenvalue weighted by Gasteiger charge is 2.16. The molecule has 0 amide bonds. The first-order valence-corrected chi connectivity index (χ1v) is 8.91. The van der Waals surface area contributed by atoms with Gasteiger partial charge in [-0.25, -0.2) is 0 Å². The molecule has 0 aliphatic carbocycles. The molecular formula is C22H25NO2. The summed E-state index contributed by atoms with van der Waals surface area (Å²) in [5, 5.41) is 0. The maximum Gasteiger partial charge on any atom is 0.159 e. The summed E-state index contributed by atoms with van der Waals surface area (Å²) in [5.74, 6) is 0.972. The maximum absolute atomic E-state index is 11.7. The van der Waals surface area contributed by atoms with E-state index in [0.29, 0.717) is 6.61 Å². The van der Waals surface area contributed by atoms with Gasteiger partial charge in [0.2, 0.25) is 0 Å². The fraction of sp³-hybridized carbons (Fsp3) is 0.318. The SMILES string of the molecule is CCOc1ccc(C(C)=O)cc1CN1CC=C(c2ccccc2)CC1. The van der Waals surface area contributed by atoms with Gasteiger partial charge in [-0.05, 0) is 49.6 Å². The highest BCUT2D eigenvalue weighted by Crippen LogP contribution is 2.26. The van der Waals surface area contributed by atoms with Crippen molar-refractivity contribution in [3.63, 3.8) is 0 Å². The van der Waals surface area contributed by atoms with Crippen molar-refractivity contribution >= 4 is 11.4 Å². The Morgan fingerprint density at radius 2 is 1.96 bits per heavy atom. The van der Waals surface area contributed by atoms with E-state index in [-0.39, 0.29) is 5.78 Å². The smallest absolute Gasteiger partial charge is 0.159 e. The van der Waals surface area contributed by atoms with E-state index >= 15 is 0 Å². The second-order valence-corrected chi connectivity index (χ2v) is 6.39. The zero-order valence-corrected chi connectivity index (χ0v) is 15.0. The van der Waals surface area contributed by atoms with Crippen molar-refractivity contribution in [2.45, 2.75) is 26.8 Å². The van der Waals surface area contributed by atoms with Crippen LogP contribution in [-0.2, 0) is 6.54 Å². The van der Waals surface area contributed by atoms with E-state index in [4.69, 9.17) is 4.74 Å². The third-order valence-electron chi connectivity index (χ3n) is 4.60. The van der Waals surface area contributed by atoms with Crippen LogP contribution < -0.4 is 4.74 Å². The predicted molar refractivity (Wildman–Crippen MR) is 102 cm³/mol. The van der Waals surface area contributed by atoms with Crippen LogP contribution in [-0.4, -0.2) is 30.4 Å². The normalized spacial score (nSPS) is 14.9. The lowest BCUT2D eigenvalue weighted by Crippen LogP contribution is -2.28. The summed E-state index contributed by atoms with van der Waals surface area (Å²) in [6.07, 6.45) is 3.36. The summed E-state index contributed by atoms with van der Waals surface area (Å²) in [5.41, 5.74) is 4.57. The van der Waals surface area contributed by atoms with Gasteiger partial charge in [-0.15, -0.1) is 0 Å². The first kappa shape index (κ1) is 17.4. The highest BCUT2D eigenvalue weighted by molar-refractivity contribution is 5.94. The zero-order chi connectivity index (χ0) is 17.6. The number of rotatable bonds is 6. The third-order valence-corrected chi connectivity index (χ3v) is 4.60. The Morgan fingerprint density at radius 3 is 2.60 bits per heavy atom. The Labute approximate surface area is 149 Å². The van der Waals surface area contributed by atoms with Crippen molar-refractivity contribution in [2.24, 2.45) is 0 Å². The van der Waals surface area contributed by atoms with Crippen LogP contribution in [0.15, 0.2) is 54.6 Å². The van der Waals surface area contributed by atoms with Gasteiger partial charge < -0.3 is 4.74 Å². The molecule has 1 aliphatic heterocycles. The van der Waals surface area contributed by atoms with E-state index in [2.05, 4.69) is 41.3 Å². The minimum atomic E-state index is 0.0919. The molecule has 2 aromatic rings. The topological polar surface area (TPSA) is 29.5 Å². The van der Waals surface area contributed by atoms with Gasteiger partial charge in [0.1, 0.15) is 5.75 Å². The van der Waals surface area contributed by atoms with E-state index < -0.39 is 0 Å². The molecule has 1 heterocycles. The van der Waals surface area contributed by atoms with Crippen LogP contribution in [0.4, 0.5) is 0 Å². The van der Waals surface area contributed by atoms with Crippen molar-refractivity contribution in [1.82, 2.24) is 4.90 Å². The summed E-state index contributed by atoms with van der Waals surface area (Å²) in [6, 6.07) is 16.3. The molecule has 3 heteroatoms. The van der Waals surface area contributed by atoms with Gasteiger partial charge in [0.05, 0.1) is 6.61 Å². The molecule has 2 aromatic carbocycles. The number of Topliss-reactive ketones (excluding diaryl/α,β-unsaturated/α-hetero) is 1. The van der Waals surface area contributed by atoms with E-state index in [1.165, 1.54) is 11.1 Å². The number of ether oxygens (including phenoxy) is 1. The molecule has 1 aliphatic rings. The number of nitrogens with zero attached hydrogens (tertiary/aromatic N) is 1. The van der Waals surface area contributed by atoms with Gasteiger partial charge in [0.15, 0.2) is 5.78 Å². The summed E-state index contributed by atoms with van der Waals surface area (Å²) in [7, 11) is 0. The second-order valence-electron chi connectivity index (χ2n) is 6.39. The fourth-order valence-corrected chi connectivity index (χ4v) is 3.23. The molecule has 0 spiro atoms. The van der Waals surface area contributed by atoms with Gasteiger partial charge in [-0.1, -0.05) is 36.4 Å². The van der Waals surface area contributed by atoms with Crippen molar-refractivity contribution in [1.29, 1.82) is 0 Å². The maximum atomic E-state index is 11.7. The lowest BCUT2D eigenvalue weighted by molar-refractivity contribution is 0.101. The van der Waals surface area contributed by atoms with Crippen molar-refractivity contribution in [3.8, 4) is 5.75 Å². The first-order valence-electron chi connectivity index (χ1n) is 8.91. The van der Waals surface area contributed by atoms with Gasteiger partial charge >= 0.3 is 0 Å². The average Bonchev–Trinajstić information content (AvgIpc) is 2.64. The van der Waals surface area contributed by atoms with E-state index in [9.17, 15) is 4.79 Å². The molecule has 0 fully saturated rings. The minimum Gasteiger partial charge on any atom is -0.494 e. The van der Waals surface area contributed by atoms with Crippen LogP contribution >= 0.6 is 0 Å². The lowest BCUT2D eigenvalue weighted by atomic mass is 9.99. The lowest BCUT2D eigenvalue weighted by Gasteiger charge is -2.27. The molecule has 0 unspecified atom stereocenters. The number of benzene rings is 2. The van der Waals surface area contributed by atoms with E-state index in [1.807, 2.05) is 25.1 Å². The Kier molecular flexibility index (Phi) is 5.67. The van der Waals surface area contributed by atoms with Crippen LogP contribution in [0.3, 0.4) is 0 Å². The Bertz CT molecular complexity index is 765. The van der Waals surface area contributed by atoms with Crippen LogP contribution in [0.1, 0.15) is 41.8 Å². The molecule has 25 heavy (non-hydrogen) atoms. The molecule has 3 nitrogen and oxygen atoms in total. The van der Waals surface area contributed by atoms with Crippen LogP contribution in [0.2, 0.25) is 0 Å². The molecule has 0 saturated carbocycles. The number of carbonyl (C=O) groups excluding carboxylic acids is 1. The molecule has 0 saturated heterocycles. The molecule has 0 aromatic heterocycles. The van der Waals surface area contributed by atoms with Crippen LogP contribution in [0.5, 0.6) is 5.75 Å². The van der Waals surface area contributed by atoms with Gasteiger partial charge in [-0.2, -0.15) is 0 Å². The average molecular weight is 335 g/mol. The fourth-order valence-electron chi connectivity index (χ4n) is 3.23. The van der Waals surface area contributed by atoms with E-state index in [0.717, 1.165) is 42.9 Å². The number of hydrogen-bond acceptors (Lipinski definition) is 3. The largest absolute Gasteiger partial charge is 0.494 e. The molecule has 0 N–H and O–H groups in total. The quantitative estimate of drug-likeness (QED) is 0.724. The van der Waals surface area contributed by atoms with Crippen molar-refractivity contribution in [3.05, 3.63) is 71.3 Å². The summed E-state index contributed by atoms with van der Waals surface area (Å²) < 4.78 is 5.75. The third kappa shape index (κ3) is 4.37. The molecule has 0 atom stereocenters. The second kappa shape index (κ2) is 8.13. The summed E-state index contributed by atoms with van der Waals surface area (Å²) >= 11 is 0. The predicted octanol–water partition coefficient (Wildman–Crippen LogP) is 4.58. The highest BCUT2D eigenvalue weighted by atomic mass is 16.5. The Morgan fingerprint density at radius 1 is 1.16 bits per heavy atom. The molecule has 0 radical (unpaired) electrons. The van der Waals surface area contributed by atoms with Crippen molar-refractivity contribution < 1.29 is 9.53 Å². The molecule has 3 rings (SSSR count). The standard InChI is InChI=1S/C22H25NO2/c1-3-25-22-10-9-20(17(2)24)15-21(22)16-23-13-11-19(12-14-23)18-7-5-4-6-8-18/h4-11,15H,3,12-14,16H2,1-2H3. The zero-order valence-electron chi connectivity index (χ0n) is 15.0.